The van der Waals surface area contributed by atoms with Crippen LogP contribution in [-0.4, -0.2) is 19.5 Å². The Morgan fingerprint density at radius 3 is 2.71 bits per heavy atom. The highest BCUT2D eigenvalue weighted by atomic mass is 79.9. The molecule has 0 aliphatic heterocycles. The zero-order chi connectivity index (χ0) is 12.5. The van der Waals surface area contributed by atoms with Crippen LogP contribution in [0.15, 0.2) is 23.1 Å². The van der Waals surface area contributed by atoms with Gasteiger partial charge in [-0.3, -0.25) is 0 Å². The summed E-state index contributed by atoms with van der Waals surface area (Å²) in [5.41, 5.74) is 2.54. The number of benzene rings is 1. The zero-order valence-electron chi connectivity index (χ0n) is 9.95. The number of hydrogen-bond acceptors (Lipinski definition) is 2. The van der Waals surface area contributed by atoms with Gasteiger partial charge in [-0.1, -0.05) is 28.9 Å². The third kappa shape index (κ3) is 2.91. The van der Waals surface area contributed by atoms with Gasteiger partial charge in [-0.05, 0) is 48.4 Å². The average Bonchev–Trinajstić information content (AvgIpc) is 2.75. The molecule has 0 fully saturated rings. The van der Waals surface area contributed by atoms with Gasteiger partial charge in [-0.25, -0.2) is 8.42 Å². The number of rotatable bonds is 4. The molecular formula is C13H17BrO2S. The number of halogens is 1. The predicted molar refractivity (Wildman–Crippen MR) is 73.5 cm³/mol. The van der Waals surface area contributed by atoms with Gasteiger partial charge in [0.05, 0.1) is 10.6 Å². The first-order valence-corrected chi connectivity index (χ1v) is 8.71. The maximum absolute atomic E-state index is 12.2. The summed E-state index contributed by atoms with van der Waals surface area (Å²) in [6.45, 7) is 1.94. The van der Waals surface area contributed by atoms with Crippen molar-refractivity contribution in [3.63, 3.8) is 0 Å². The van der Waals surface area contributed by atoms with Crippen molar-refractivity contribution in [2.45, 2.75) is 31.1 Å². The number of fused-ring (bicyclic) bond motifs is 1. The SMILES string of the molecule is CC(CBr)CS(=O)(=O)c1ccc2c(c1)CCC2. The van der Waals surface area contributed by atoms with E-state index in [1.54, 1.807) is 6.07 Å². The van der Waals surface area contributed by atoms with Crippen LogP contribution in [0, 0.1) is 5.92 Å². The van der Waals surface area contributed by atoms with E-state index in [9.17, 15) is 8.42 Å². The van der Waals surface area contributed by atoms with Crippen molar-refractivity contribution in [1.29, 1.82) is 0 Å². The molecule has 17 heavy (non-hydrogen) atoms. The zero-order valence-corrected chi connectivity index (χ0v) is 12.4. The first kappa shape index (κ1) is 13.1. The van der Waals surface area contributed by atoms with Crippen LogP contribution < -0.4 is 0 Å². The highest BCUT2D eigenvalue weighted by molar-refractivity contribution is 9.09. The largest absolute Gasteiger partial charge is 0.224 e. The molecule has 0 spiro atoms. The molecule has 2 nitrogen and oxygen atoms in total. The standard InChI is InChI=1S/C13H17BrO2S/c1-10(8-14)9-17(15,16)13-6-5-11-3-2-4-12(11)7-13/h5-7,10H,2-4,8-9H2,1H3. The fraction of sp³-hybridized carbons (Fsp3) is 0.538. The summed E-state index contributed by atoms with van der Waals surface area (Å²) in [7, 11) is -3.12. The minimum Gasteiger partial charge on any atom is -0.224 e. The molecule has 0 radical (unpaired) electrons. The lowest BCUT2D eigenvalue weighted by atomic mass is 10.1. The molecule has 2 rings (SSSR count). The van der Waals surface area contributed by atoms with E-state index in [1.807, 2.05) is 19.1 Å². The Hall–Kier alpha value is -0.350. The summed E-state index contributed by atoms with van der Waals surface area (Å²) >= 11 is 3.33. The Labute approximate surface area is 111 Å². The number of alkyl halides is 1. The Morgan fingerprint density at radius 1 is 1.29 bits per heavy atom. The molecule has 0 bridgehead atoms. The van der Waals surface area contributed by atoms with Gasteiger partial charge < -0.3 is 0 Å². The van der Waals surface area contributed by atoms with Crippen molar-refractivity contribution in [2.75, 3.05) is 11.1 Å². The van der Waals surface area contributed by atoms with E-state index in [-0.39, 0.29) is 11.7 Å². The molecule has 4 heteroatoms. The Bertz CT molecular complexity index is 508. The van der Waals surface area contributed by atoms with Crippen molar-refractivity contribution < 1.29 is 8.42 Å². The quantitative estimate of drug-likeness (QED) is 0.800. The summed E-state index contributed by atoms with van der Waals surface area (Å²) in [6.07, 6.45) is 3.26. The molecule has 1 unspecified atom stereocenters. The fourth-order valence-electron chi connectivity index (χ4n) is 2.26. The van der Waals surface area contributed by atoms with Crippen LogP contribution in [0.1, 0.15) is 24.5 Å². The first-order chi connectivity index (χ1) is 8.03. The highest BCUT2D eigenvalue weighted by Gasteiger charge is 2.20. The van der Waals surface area contributed by atoms with Gasteiger partial charge in [0.2, 0.25) is 0 Å². The van der Waals surface area contributed by atoms with Gasteiger partial charge in [0.25, 0.3) is 0 Å². The first-order valence-electron chi connectivity index (χ1n) is 5.93. The third-order valence-electron chi connectivity index (χ3n) is 3.20. The minimum atomic E-state index is -3.12. The van der Waals surface area contributed by atoms with Crippen molar-refractivity contribution in [3.8, 4) is 0 Å². The molecule has 1 aliphatic rings. The molecule has 0 saturated heterocycles. The van der Waals surface area contributed by atoms with Crippen LogP contribution in [0.4, 0.5) is 0 Å². The van der Waals surface area contributed by atoms with Crippen LogP contribution in [0.3, 0.4) is 0 Å². The second kappa shape index (κ2) is 5.11. The molecule has 0 amide bonds. The molecule has 0 heterocycles. The van der Waals surface area contributed by atoms with Crippen molar-refractivity contribution in [2.24, 2.45) is 5.92 Å². The smallest absolute Gasteiger partial charge is 0.178 e. The third-order valence-corrected chi connectivity index (χ3v) is 6.28. The van der Waals surface area contributed by atoms with E-state index in [0.29, 0.717) is 4.90 Å². The lowest BCUT2D eigenvalue weighted by Gasteiger charge is -2.10. The second-order valence-electron chi connectivity index (χ2n) is 4.82. The Balaban J connectivity index is 2.28. The molecule has 1 atom stereocenters. The van der Waals surface area contributed by atoms with Gasteiger partial charge in [-0.2, -0.15) is 0 Å². The molecule has 1 aliphatic carbocycles. The molecule has 94 valence electrons. The number of aryl methyl sites for hydroxylation is 2. The predicted octanol–water partition coefficient (Wildman–Crippen LogP) is 2.98. The lowest BCUT2D eigenvalue weighted by molar-refractivity contribution is 0.584. The summed E-state index contributed by atoms with van der Waals surface area (Å²) in [5, 5.41) is 0.719. The van der Waals surface area contributed by atoms with Crippen LogP contribution in [0.5, 0.6) is 0 Å². The van der Waals surface area contributed by atoms with Crippen LogP contribution in [0.25, 0.3) is 0 Å². The maximum Gasteiger partial charge on any atom is 0.178 e. The summed E-state index contributed by atoms with van der Waals surface area (Å²) in [5.74, 6) is 0.366. The van der Waals surface area contributed by atoms with E-state index in [1.165, 1.54) is 11.1 Å². The van der Waals surface area contributed by atoms with Crippen molar-refractivity contribution >= 4 is 25.8 Å². The van der Waals surface area contributed by atoms with Crippen molar-refractivity contribution in [3.05, 3.63) is 29.3 Å². The summed E-state index contributed by atoms with van der Waals surface area (Å²) in [4.78, 5) is 0.492. The van der Waals surface area contributed by atoms with E-state index in [4.69, 9.17) is 0 Å². The minimum absolute atomic E-state index is 0.147. The molecule has 0 N–H and O–H groups in total. The lowest BCUT2D eigenvalue weighted by Crippen LogP contribution is -2.15. The van der Waals surface area contributed by atoms with E-state index < -0.39 is 9.84 Å². The molecule has 1 aromatic carbocycles. The van der Waals surface area contributed by atoms with E-state index in [2.05, 4.69) is 15.9 Å². The van der Waals surface area contributed by atoms with Crippen molar-refractivity contribution in [1.82, 2.24) is 0 Å². The summed E-state index contributed by atoms with van der Waals surface area (Å²) in [6, 6.07) is 5.62. The number of sulfone groups is 1. The molecule has 1 aromatic rings. The molecular weight excluding hydrogens is 300 g/mol. The van der Waals surface area contributed by atoms with Crippen LogP contribution in [0.2, 0.25) is 0 Å². The summed E-state index contributed by atoms with van der Waals surface area (Å²) < 4.78 is 24.4. The van der Waals surface area contributed by atoms with Crippen LogP contribution in [-0.2, 0) is 22.7 Å². The second-order valence-corrected chi connectivity index (χ2v) is 7.51. The Kier molecular flexibility index (Phi) is 3.93. The van der Waals surface area contributed by atoms with E-state index in [0.717, 1.165) is 24.6 Å². The normalized spacial score (nSPS) is 16.8. The molecule has 0 saturated carbocycles. The van der Waals surface area contributed by atoms with Gasteiger partial charge in [0, 0.05) is 5.33 Å². The highest BCUT2D eigenvalue weighted by Crippen LogP contribution is 2.25. The van der Waals surface area contributed by atoms with E-state index >= 15 is 0 Å². The van der Waals surface area contributed by atoms with Crippen LogP contribution >= 0.6 is 15.9 Å². The maximum atomic E-state index is 12.2. The average molecular weight is 317 g/mol. The Morgan fingerprint density at radius 2 is 2.00 bits per heavy atom. The number of hydrogen-bond donors (Lipinski definition) is 0. The fourth-order valence-corrected chi connectivity index (χ4v) is 4.45. The van der Waals surface area contributed by atoms with Gasteiger partial charge in [0.1, 0.15) is 0 Å². The van der Waals surface area contributed by atoms with Gasteiger partial charge in [0.15, 0.2) is 9.84 Å². The topological polar surface area (TPSA) is 34.1 Å². The molecule has 0 aromatic heterocycles. The monoisotopic (exact) mass is 316 g/mol. The van der Waals surface area contributed by atoms with Gasteiger partial charge in [-0.15, -0.1) is 0 Å². The van der Waals surface area contributed by atoms with Gasteiger partial charge >= 0.3 is 0 Å².